The molecule has 22 heavy (non-hydrogen) atoms. The van der Waals surface area contributed by atoms with Crippen molar-refractivity contribution in [3.05, 3.63) is 35.5 Å². The van der Waals surface area contributed by atoms with Gasteiger partial charge in [-0.05, 0) is 73.3 Å². The molecule has 3 rings (SSSR count). The van der Waals surface area contributed by atoms with Crippen LogP contribution < -0.4 is 0 Å². The molecule has 0 saturated heterocycles. The Hall–Kier alpha value is -0.820. The van der Waals surface area contributed by atoms with Crippen molar-refractivity contribution in [2.75, 3.05) is 0 Å². The summed E-state index contributed by atoms with van der Waals surface area (Å²) < 4.78 is 0. The first-order valence-corrected chi connectivity index (χ1v) is 9.29. The molecular formula is C21H32O. The van der Waals surface area contributed by atoms with Gasteiger partial charge in [-0.2, -0.15) is 0 Å². The van der Waals surface area contributed by atoms with Crippen LogP contribution in [0.2, 0.25) is 0 Å². The molecule has 0 spiro atoms. The van der Waals surface area contributed by atoms with Gasteiger partial charge in [0, 0.05) is 0 Å². The number of allylic oxidation sites excluding steroid dienone is 3. The van der Waals surface area contributed by atoms with Crippen molar-refractivity contribution in [2.24, 2.45) is 17.3 Å². The molecule has 0 amide bonds. The zero-order valence-electron chi connectivity index (χ0n) is 14.4. The number of fused-ring (bicyclic) bond motifs is 1. The van der Waals surface area contributed by atoms with Crippen LogP contribution in [0, 0.1) is 17.3 Å². The summed E-state index contributed by atoms with van der Waals surface area (Å²) in [7, 11) is 0. The van der Waals surface area contributed by atoms with Crippen molar-refractivity contribution < 1.29 is 5.11 Å². The normalized spacial score (nSPS) is 43.4. The smallest absolute Gasteiger partial charge is 0.0787 e. The Labute approximate surface area is 136 Å². The first-order valence-electron chi connectivity index (χ1n) is 9.29. The van der Waals surface area contributed by atoms with Gasteiger partial charge >= 0.3 is 0 Å². The van der Waals surface area contributed by atoms with E-state index in [-0.39, 0.29) is 6.10 Å². The second-order valence-electron chi connectivity index (χ2n) is 8.11. The molecule has 0 aromatic rings. The molecule has 3 saturated carbocycles. The predicted octanol–water partition coefficient (Wildman–Crippen LogP) is 5.57. The summed E-state index contributed by atoms with van der Waals surface area (Å²) in [6, 6.07) is 0. The fourth-order valence-corrected chi connectivity index (χ4v) is 5.14. The molecule has 4 unspecified atom stereocenters. The van der Waals surface area contributed by atoms with Crippen LogP contribution >= 0.6 is 0 Å². The van der Waals surface area contributed by atoms with Gasteiger partial charge in [-0.1, -0.05) is 51.0 Å². The van der Waals surface area contributed by atoms with Gasteiger partial charge in [0.15, 0.2) is 0 Å². The van der Waals surface area contributed by atoms with Crippen molar-refractivity contribution >= 4 is 0 Å². The first-order chi connectivity index (χ1) is 10.5. The summed E-state index contributed by atoms with van der Waals surface area (Å²) >= 11 is 0. The Balaban J connectivity index is 1.82. The Kier molecular flexibility index (Phi) is 4.64. The summed E-state index contributed by atoms with van der Waals surface area (Å²) in [6.45, 7) is 9.10. The third kappa shape index (κ3) is 2.85. The van der Waals surface area contributed by atoms with Crippen molar-refractivity contribution in [3.8, 4) is 0 Å². The largest absolute Gasteiger partial charge is 0.388 e. The summed E-state index contributed by atoms with van der Waals surface area (Å²) in [5.41, 5.74) is 4.42. The molecule has 0 heterocycles. The zero-order valence-corrected chi connectivity index (χ0v) is 14.4. The standard InChI is InChI=1S/C21H32O/c1-15-7-4-10-19-18(9-6-14-21(15,19)3)13-12-17-8-5-11-20(22)16(17)2/h12-13,15,19-20,22H,2,4-11,14H2,1,3H3/b17-12-,18-13+. The zero-order chi connectivity index (χ0) is 15.7. The van der Waals surface area contributed by atoms with Gasteiger partial charge in [0.25, 0.3) is 0 Å². The second-order valence-corrected chi connectivity index (χ2v) is 8.11. The molecule has 3 aliphatic carbocycles. The Morgan fingerprint density at radius 1 is 1.09 bits per heavy atom. The van der Waals surface area contributed by atoms with Crippen LogP contribution in [0.5, 0.6) is 0 Å². The predicted molar refractivity (Wildman–Crippen MR) is 93.6 cm³/mol. The van der Waals surface area contributed by atoms with E-state index in [0.717, 1.165) is 36.7 Å². The number of hydrogen-bond acceptors (Lipinski definition) is 1. The van der Waals surface area contributed by atoms with Crippen LogP contribution in [0.25, 0.3) is 0 Å². The van der Waals surface area contributed by atoms with Gasteiger partial charge in [0.05, 0.1) is 6.10 Å². The van der Waals surface area contributed by atoms with Crippen molar-refractivity contribution in [2.45, 2.75) is 77.7 Å². The molecule has 1 nitrogen and oxygen atoms in total. The van der Waals surface area contributed by atoms with Gasteiger partial charge < -0.3 is 5.11 Å². The lowest BCUT2D eigenvalue weighted by Crippen LogP contribution is -2.41. The number of rotatable bonds is 1. The molecule has 1 N–H and O–H groups in total. The molecule has 122 valence electrons. The van der Waals surface area contributed by atoms with E-state index in [1.165, 1.54) is 44.1 Å². The number of hydrogen-bond donors (Lipinski definition) is 1. The van der Waals surface area contributed by atoms with E-state index in [4.69, 9.17) is 0 Å². The molecule has 0 aromatic heterocycles. The van der Waals surface area contributed by atoms with E-state index in [2.05, 4.69) is 32.6 Å². The van der Waals surface area contributed by atoms with E-state index in [1.54, 1.807) is 5.57 Å². The minimum atomic E-state index is -0.315. The van der Waals surface area contributed by atoms with Crippen molar-refractivity contribution in [3.63, 3.8) is 0 Å². The first kappa shape index (κ1) is 16.1. The van der Waals surface area contributed by atoms with Gasteiger partial charge in [-0.15, -0.1) is 0 Å². The van der Waals surface area contributed by atoms with Crippen molar-refractivity contribution in [1.82, 2.24) is 0 Å². The lowest BCUT2D eigenvalue weighted by Gasteiger charge is -2.50. The molecule has 0 aromatic carbocycles. The number of aliphatic hydroxyl groups is 1. The molecular weight excluding hydrogens is 268 g/mol. The molecule has 3 aliphatic rings. The topological polar surface area (TPSA) is 20.2 Å². The molecule has 0 aliphatic heterocycles. The minimum absolute atomic E-state index is 0.315. The quantitative estimate of drug-likeness (QED) is 0.671. The highest BCUT2D eigenvalue weighted by atomic mass is 16.3. The van der Waals surface area contributed by atoms with Crippen LogP contribution in [0.3, 0.4) is 0 Å². The van der Waals surface area contributed by atoms with Crippen LogP contribution in [-0.4, -0.2) is 11.2 Å². The van der Waals surface area contributed by atoms with Gasteiger partial charge in [-0.25, -0.2) is 0 Å². The third-order valence-electron chi connectivity index (χ3n) is 6.92. The Morgan fingerprint density at radius 3 is 2.73 bits per heavy atom. The summed E-state index contributed by atoms with van der Waals surface area (Å²) in [4.78, 5) is 0. The second kappa shape index (κ2) is 6.35. The fraction of sp³-hybridized carbons (Fsp3) is 0.714. The lowest BCUT2D eigenvalue weighted by molar-refractivity contribution is 0.0428. The monoisotopic (exact) mass is 300 g/mol. The minimum Gasteiger partial charge on any atom is -0.388 e. The maximum absolute atomic E-state index is 9.99. The highest BCUT2D eigenvalue weighted by Gasteiger charge is 2.44. The van der Waals surface area contributed by atoms with Gasteiger partial charge in [-0.3, -0.25) is 0 Å². The molecule has 3 fully saturated rings. The SMILES string of the molecule is C=C1/C(=C\C=C2/CCCC3(C)C(C)CCCC23)CCCC1O. The lowest BCUT2D eigenvalue weighted by atomic mass is 9.54. The Morgan fingerprint density at radius 2 is 1.91 bits per heavy atom. The van der Waals surface area contributed by atoms with E-state index in [0.29, 0.717) is 5.41 Å². The van der Waals surface area contributed by atoms with E-state index >= 15 is 0 Å². The third-order valence-corrected chi connectivity index (χ3v) is 6.92. The van der Waals surface area contributed by atoms with Crippen LogP contribution in [-0.2, 0) is 0 Å². The van der Waals surface area contributed by atoms with E-state index in [1.807, 2.05) is 0 Å². The summed E-state index contributed by atoms with van der Waals surface area (Å²) in [5.74, 6) is 1.64. The van der Waals surface area contributed by atoms with Crippen LogP contribution in [0.4, 0.5) is 0 Å². The fourth-order valence-electron chi connectivity index (χ4n) is 5.14. The average Bonchev–Trinajstić information content (AvgIpc) is 2.50. The van der Waals surface area contributed by atoms with E-state index < -0.39 is 0 Å². The molecule has 0 bridgehead atoms. The molecule has 4 atom stereocenters. The maximum atomic E-state index is 9.99. The summed E-state index contributed by atoms with van der Waals surface area (Å²) in [5, 5.41) is 9.99. The highest BCUT2D eigenvalue weighted by Crippen LogP contribution is 2.55. The molecule has 0 radical (unpaired) electrons. The van der Waals surface area contributed by atoms with Crippen LogP contribution in [0.15, 0.2) is 35.5 Å². The van der Waals surface area contributed by atoms with E-state index in [9.17, 15) is 5.11 Å². The summed E-state index contributed by atoms with van der Waals surface area (Å²) in [6.07, 6.45) is 15.6. The number of aliphatic hydroxyl groups excluding tert-OH is 1. The Bertz CT molecular complexity index is 498. The molecule has 1 heteroatoms. The van der Waals surface area contributed by atoms with Crippen LogP contribution in [0.1, 0.15) is 71.6 Å². The van der Waals surface area contributed by atoms with Crippen molar-refractivity contribution in [1.29, 1.82) is 0 Å². The maximum Gasteiger partial charge on any atom is 0.0787 e. The van der Waals surface area contributed by atoms with Gasteiger partial charge in [0.2, 0.25) is 0 Å². The van der Waals surface area contributed by atoms with Gasteiger partial charge in [0.1, 0.15) is 0 Å². The average molecular weight is 300 g/mol. The highest BCUT2D eigenvalue weighted by molar-refractivity contribution is 5.37.